The Hall–Kier alpha value is -2.16. The van der Waals surface area contributed by atoms with Gasteiger partial charge >= 0.3 is 6.18 Å². The molecule has 9 heteroatoms. The molecule has 3 aromatic rings. The summed E-state index contributed by atoms with van der Waals surface area (Å²) in [4.78, 5) is 21.0. The van der Waals surface area contributed by atoms with E-state index in [1.807, 2.05) is 43.3 Å². The summed E-state index contributed by atoms with van der Waals surface area (Å²) in [6.45, 7) is 0.981. The van der Waals surface area contributed by atoms with Crippen LogP contribution in [0.5, 0.6) is 0 Å². The van der Waals surface area contributed by atoms with Gasteiger partial charge in [-0.15, -0.1) is 12.4 Å². The molecule has 0 aliphatic carbocycles. The monoisotopic (exact) mass is 429 g/mol. The number of alkyl halides is 3. The van der Waals surface area contributed by atoms with Gasteiger partial charge in [-0.1, -0.05) is 23.5 Å². The average molecular weight is 430 g/mol. The number of amides is 1. The normalized spacial score (nSPS) is 11.5. The smallest absolute Gasteiger partial charge is 0.308 e. The number of fused-ring (bicyclic) bond motifs is 1. The molecule has 0 saturated carbocycles. The van der Waals surface area contributed by atoms with Gasteiger partial charge in [0.15, 0.2) is 5.13 Å². The Morgan fingerprint density at radius 3 is 2.25 bits per heavy atom. The summed E-state index contributed by atoms with van der Waals surface area (Å²) in [6, 6.07) is 11.8. The Morgan fingerprint density at radius 1 is 1.04 bits per heavy atom. The van der Waals surface area contributed by atoms with Crippen LogP contribution in [-0.2, 0) is 6.18 Å². The largest absolute Gasteiger partial charge is 0.416 e. The number of hydrogen-bond acceptors (Lipinski definition) is 4. The number of benzene rings is 2. The summed E-state index contributed by atoms with van der Waals surface area (Å²) < 4.78 is 39.2. The fourth-order valence-corrected chi connectivity index (χ4v) is 3.51. The van der Waals surface area contributed by atoms with Crippen LogP contribution in [0.25, 0.3) is 10.2 Å². The first-order valence-corrected chi connectivity index (χ1v) is 9.07. The number of likely N-dealkylation sites (N-methyl/N-ethyl adjacent to an activating group) is 1. The van der Waals surface area contributed by atoms with E-state index in [-0.39, 0.29) is 23.9 Å². The molecule has 0 N–H and O–H groups in total. The molecule has 0 fully saturated rings. The summed E-state index contributed by atoms with van der Waals surface area (Å²) >= 11 is 1.38. The zero-order valence-corrected chi connectivity index (χ0v) is 16.9. The summed E-state index contributed by atoms with van der Waals surface area (Å²) in [5.41, 5.74) is 0.201. The van der Waals surface area contributed by atoms with Gasteiger partial charge in [0.05, 0.1) is 15.8 Å². The highest BCUT2D eigenvalue weighted by Crippen LogP contribution is 2.31. The molecule has 2 aromatic carbocycles. The lowest BCUT2D eigenvalue weighted by Crippen LogP contribution is -2.36. The average Bonchev–Trinajstić information content (AvgIpc) is 3.04. The number of rotatable bonds is 5. The SMILES string of the molecule is CN(C)CCN(C(=O)c1ccc(C(F)(F)F)cc1)c1nc2ccccc2s1.Cl. The molecule has 0 radical (unpaired) electrons. The molecule has 0 saturated heterocycles. The summed E-state index contributed by atoms with van der Waals surface area (Å²) in [5.74, 6) is -0.371. The second kappa shape index (κ2) is 8.89. The van der Waals surface area contributed by atoms with Crippen molar-refractivity contribution in [3.8, 4) is 0 Å². The molecule has 0 atom stereocenters. The van der Waals surface area contributed by atoms with Crippen molar-refractivity contribution >= 4 is 45.0 Å². The van der Waals surface area contributed by atoms with E-state index in [0.29, 0.717) is 18.2 Å². The first-order valence-electron chi connectivity index (χ1n) is 8.25. The van der Waals surface area contributed by atoms with Gasteiger partial charge in [-0.05, 0) is 50.5 Å². The number of para-hydroxylation sites is 1. The van der Waals surface area contributed by atoms with Gasteiger partial charge in [0.1, 0.15) is 0 Å². The molecule has 3 rings (SSSR count). The minimum absolute atomic E-state index is 0. The maximum absolute atomic E-state index is 13.0. The third-order valence-corrected chi connectivity index (χ3v) is 5.05. The van der Waals surface area contributed by atoms with Gasteiger partial charge in [0.25, 0.3) is 5.91 Å². The van der Waals surface area contributed by atoms with Crippen molar-refractivity contribution in [2.45, 2.75) is 6.18 Å². The molecule has 1 amide bonds. The highest BCUT2D eigenvalue weighted by molar-refractivity contribution is 7.22. The number of hydrogen-bond donors (Lipinski definition) is 0. The standard InChI is InChI=1S/C19H18F3N3OS.ClH/c1-24(2)11-12-25(18-23-15-5-3-4-6-16(15)27-18)17(26)13-7-9-14(10-8-13)19(20,21)22;/h3-10H,11-12H2,1-2H3;1H. The van der Waals surface area contributed by atoms with E-state index in [1.54, 1.807) is 0 Å². The van der Waals surface area contributed by atoms with Crippen LogP contribution in [0.4, 0.5) is 18.3 Å². The van der Waals surface area contributed by atoms with Crippen molar-refractivity contribution in [2.24, 2.45) is 0 Å². The molecule has 4 nitrogen and oxygen atoms in total. The molecular formula is C19H19ClF3N3OS. The Balaban J connectivity index is 0.00000280. The number of aromatic nitrogens is 1. The fourth-order valence-electron chi connectivity index (χ4n) is 2.52. The number of carbonyl (C=O) groups excluding carboxylic acids is 1. The van der Waals surface area contributed by atoms with Crippen LogP contribution in [-0.4, -0.2) is 43.0 Å². The lowest BCUT2D eigenvalue weighted by atomic mass is 10.1. The summed E-state index contributed by atoms with van der Waals surface area (Å²) in [7, 11) is 3.78. The van der Waals surface area contributed by atoms with E-state index < -0.39 is 11.7 Å². The Bertz CT molecular complexity index is 908. The number of halogens is 4. The van der Waals surface area contributed by atoms with E-state index in [0.717, 1.165) is 22.3 Å². The van der Waals surface area contributed by atoms with Crippen molar-refractivity contribution in [2.75, 3.05) is 32.1 Å². The molecule has 150 valence electrons. The van der Waals surface area contributed by atoms with Gasteiger partial charge in [-0.25, -0.2) is 4.98 Å². The third kappa shape index (κ3) is 5.01. The second-order valence-electron chi connectivity index (χ2n) is 6.30. The predicted molar refractivity (Wildman–Crippen MR) is 109 cm³/mol. The van der Waals surface area contributed by atoms with E-state index in [4.69, 9.17) is 0 Å². The topological polar surface area (TPSA) is 36.4 Å². The third-order valence-electron chi connectivity index (χ3n) is 3.99. The van der Waals surface area contributed by atoms with Crippen molar-refractivity contribution in [3.63, 3.8) is 0 Å². The van der Waals surface area contributed by atoms with Crippen LogP contribution in [0, 0.1) is 0 Å². The molecule has 0 aliphatic rings. The number of anilines is 1. The van der Waals surface area contributed by atoms with Crippen molar-refractivity contribution in [3.05, 3.63) is 59.7 Å². The van der Waals surface area contributed by atoms with Gasteiger partial charge in [-0.3, -0.25) is 9.69 Å². The van der Waals surface area contributed by atoms with Crippen LogP contribution >= 0.6 is 23.7 Å². The van der Waals surface area contributed by atoms with Gasteiger partial charge in [0, 0.05) is 18.7 Å². The maximum atomic E-state index is 13.0. The van der Waals surface area contributed by atoms with E-state index in [2.05, 4.69) is 4.98 Å². The highest BCUT2D eigenvalue weighted by Gasteiger charge is 2.30. The predicted octanol–water partition coefficient (Wildman–Crippen LogP) is 4.95. The maximum Gasteiger partial charge on any atom is 0.416 e. The zero-order valence-electron chi connectivity index (χ0n) is 15.2. The summed E-state index contributed by atoms with van der Waals surface area (Å²) in [6.07, 6.45) is -4.43. The molecule has 0 spiro atoms. The number of thiazole rings is 1. The van der Waals surface area contributed by atoms with E-state index in [9.17, 15) is 18.0 Å². The van der Waals surface area contributed by atoms with Crippen molar-refractivity contribution in [1.29, 1.82) is 0 Å². The molecule has 1 aromatic heterocycles. The van der Waals surface area contributed by atoms with Crippen LogP contribution < -0.4 is 4.90 Å². The van der Waals surface area contributed by atoms with Crippen molar-refractivity contribution in [1.82, 2.24) is 9.88 Å². The molecule has 0 bridgehead atoms. The summed E-state index contributed by atoms with van der Waals surface area (Å²) in [5, 5.41) is 0.531. The van der Waals surface area contributed by atoms with Gasteiger partial charge in [-0.2, -0.15) is 13.2 Å². The first-order chi connectivity index (χ1) is 12.8. The number of nitrogens with zero attached hydrogens (tertiary/aromatic N) is 3. The Labute approximate surface area is 171 Å². The van der Waals surface area contributed by atoms with Crippen LogP contribution in [0.3, 0.4) is 0 Å². The van der Waals surface area contributed by atoms with Crippen LogP contribution in [0.2, 0.25) is 0 Å². The fraction of sp³-hybridized carbons (Fsp3) is 0.263. The second-order valence-corrected chi connectivity index (χ2v) is 7.31. The van der Waals surface area contributed by atoms with Crippen LogP contribution in [0.1, 0.15) is 15.9 Å². The first kappa shape index (κ1) is 22.1. The Kier molecular flexibility index (Phi) is 7.03. The Morgan fingerprint density at radius 2 is 1.68 bits per heavy atom. The van der Waals surface area contributed by atoms with Gasteiger partial charge in [0.2, 0.25) is 0 Å². The highest BCUT2D eigenvalue weighted by atomic mass is 35.5. The van der Waals surface area contributed by atoms with Crippen LogP contribution in [0.15, 0.2) is 48.5 Å². The quantitative estimate of drug-likeness (QED) is 0.576. The minimum Gasteiger partial charge on any atom is -0.308 e. The number of carbonyl (C=O) groups is 1. The van der Waals surface area contributed by atoms with Gasteiger partial charge < -0.3 is 4.90 Å². The molecule has 28 heavy (non-hydrogen) atoms. The lowest BCUT2D eigenvalue weighted by Gasteiger charge is -2.22. The molecular weight excluding hydrogens is 411 g/mol. The van der Waals surface area contributed by atoms with Crippen molar-refractivity contribution < 1.29 is 18.0 Å². The van der Waals surface area contributed by atoms with E-state index in [1.165, 1.54) is 28.4 Å². The molecule has 0 unspecified atom stereocenters. The zero-order chi connectivity index (χ0) is 19.6. The molecule has 0 aliphatic heterocycles. The lowest BCUT2D eigenvalue weighted by molar-refractivity contribution is -0.137. The minimum atomic E-state index is -4.43. The van der Waals surface area contributed by atoms with E-state index >= 15 is 0 Å². The molecule has 1 heterocycles.